The van der Waals surface area contributed by atoms with Gasteiger partial charge in [0.1, 0.15) is 6.04 Å². The van der Waals surface area contributed by atoms with Crippen molar-refractivity contribution >= 4 is 11.8 Å². The summed E-state index contributed by atoms with van der Waals surface area (Å²) in [6.07, 6.45) is 11.1. The standard InChI is InChI=1S/C31H44N4O2/c1-21(32-5)29(36)34-28(22-12-7-6-8-13-22)30(37)35-17-11-16-27(35)24-18-23(19-33-20-24)25-14-9-10-15-26(25)31(2,3)4/h9-10,14-15,18-22,27-28,32H,6-8,11-13,16-17H2,1-5H3,(H,34,36). The largest absolute Gasteiger partial charge is 0.343 e. The van der Waals surface area contributed by atoms with Gasteiger partial charge in [-0.15, -0.1) is 0 Å². The summed E-state index contributed by atoms with van der Waals surface area (Å²) in [7, 11) is 1.77. The normalized spacial score (nSPS) is 20.5. The average Bonchev–Trinajstić information content (AvgIpc) is 3.41. The number of hydrogen-bond acceptors (Lipinski definition) is 4. The van der Waals surface area contributed by atoms with Crippen molar-refractivity contribution in [2.75, 3.05) is 13.6 Å². The molecule has 2 aliphatic rings. The van der Waals surface area contributed by atoms with Gasteiger partial charge in [-0.25, -0.2) is 0 Å². The van der Waals surface area contributed by atoms with Crippen LogP contribution >= 0.6 is 0 Å². The summed E-state index contributed by atoms with van der Waals surface area (Å²) in [5.41, 5.74) is 4.64. The molecule has 0 spiro atoms. The van der Waals surface area contributed by atoms with Gasteiger partial charge in [-0.05, 0) is 73.7 Å². The molecule has 6 heteroatoms. The third-order valence-electron chi connectivity index (χ3n) is 8.24. The van der Waals surface area contributed by atoms with Gasteiger partial charge in [-0.1, -0.05) is 64.3 Å². The second kappa shape index (κ2) is 11.8. The highest BCUT2D eigenvalue weighted by Gasteiger charge is 2.39. The molecule has 1 saturated carbocycles. The lowest BCUT2D eigenvalue weighted by molar-refractivity contribution is -0.139. The third-order valence-corrected chi connectivity index (χ3v) is 8.24. The number of nitrogens with one attached hydrogen (secondary N) is 2. The Hall–Kier alpha value is -2.73. The smallest absolute Gasteiger partial charge is 0.245 e. The lowest BCUT2D eigenvalue weighted by atomic mass is 9.82. The highest BCUT2D eigenvalue weighted by Crippen LogP contribution is 2.38. The number of pyridine rings is 1. The van der Waals surface area contributed by atoms with E-state index in [0.29, 0.717) is 6.54 Å². The molecule has 4 rings (SSSR count). The van der Waals surface area contributed by atoms with E-state index in [-0.39, 0.29) is 35.2 Å². The molecule has 1 saturated heterocycles. The highest BCUT2D eigenvalue weighted by atomic mass is 16.2. The van der Waals surface area contributed by atoms with Crippen molar-refractivity contribution in [2.24, 2.45) is 5.92 Å². The maximum absolute atomic E-state index is 14.1. The van der Waals surface area contributed by atoms with Crippen molar-refractivity contribution < 1.29 is 9.59 Å². The monoisotopic (exact) mass is 504 g/mol. The number of rotatable bonds is 7. The molecule has 2 heterocycles. The zero-order valence-electron chi connectivity index (χ0n) is 23.2. The van der Waals surface area contributed by atoms with Crippen LogP contribution in [0.25, 0.3) is 11.1 Å². The van der Waals surface area contributed by atoms with Gasteiger partial charge in [0.15, 0.2) is 0 Å². The number of carbonyl (C=O) groups excluding carboxylic acids is 2. The van der Waals surface area contributed by atoms with Crippen molar-refractivity contribution in [1.29, 1.82) is 0 Å². The number of amides is 2. The number of benzene rings is 1. The molecule has 2 N–H and O–H groups in total. The van der Waals surface area contributed by atoms with Gasteiger partial charge in [0.25, 0.3) is 0 Å². The summed E-state index contributed by atoms with van der Waals surface area (Å²) < 4.78 is 0. The Morgan fingerprint density at radius 1 is 1.03 bits per heavy atom. The van der Waals surface area contributed by atoms with E-state index in [1.165, 1.54) is 17.5 Å². The van der Waals surface area contributed by atoms with E-state index in [0.717, 1.165) is 49.7 Å². The fourth-order valence-electron chi connectivity index (χ4n) is 5.99. The van der Waals surface area contributed by atoms with E-state index in [2.05, 4.69) is 66.7 Å². The minimum atomic E-state index is -0.470. The second-order valence-corrected chi connectivity index (χ2v) is 11.9. The molecule has 3 unspecified atom stereocenters. The maximum Gasteiger partial charge on any atom is 0.245 e. The molecule has 0 radical (unpaired) electrons. The molecule has 2 fully saturated rings. The van der Waals surface area contributed by atoms with Crippen LogP contribution in [0.2, 0.25) is 0 Å². The number of aromatic nitrogens is 1. The Morgan fingerprint density at radius 2 is 1.76 bits per heavy atom. The summed E-state index contributed by atoms with van der Waals surface area (Å²) in [5, 5.41) is 6.15. The summed E-state index contributed by atoms with van der Waals surface area (Å²) in [6.45, 7) is 9.25. The first kappa shape index (κ1) is 27.3. The molecule has 2 amide bonds. The van der Waals surface area contributed by atoms with E-state index in [9.17, 15) is 9.59 Å². The van der Waals surface area contributed by atoms with Crippen LogP contribution in [0.5, 0.6) is 0 Å². The Morgan fingerprint density at radius 3 is 2.46 bits per heavy atom. The summed E-state index contributed by atoms with van der Waals surface area (Å²) in [6, 6.07) is 9.91. The molecule has 1 aromatic carbocycles. The molecule has 0 bridgehead atoms. The topological polar surface area (TPSA) is 74.3 Å². The second-order valence-electron chi connectivity index (χ2n) is 11.9. The fourth-order valence-corrected chi connectivity index (χ4v) is 5.99. The number of hydrogen-bond donors (Lipinski definition) is 2. The fraction of sp³-hybridized carbons (Fsp3) is 0.581. The quantitative estimate of drug-likeness (QED) is 0.531. The van der Waals surface area contributed by atoms with Crippen LogP contribution in [0.1, 0.15) is 89.8 Å². The lowest BCUT2D eigenvalue weighted by Crippen LogP contribution is -2.55. The molecular formula is C31H44N4O2. The van der Waals surface area contributed by atoms with Crippen LogP contribution in [-0.2, 0) is 15.0 Å². The van der Waals surface area contributed by atoms with E-state index in [4.69, 9.17) is 0 Å². The van der Waals surface area contributed by atoms with Crippen molar-refractivity contribution in [3.63, 3.8) is 0 Å². The molecule has 1 aliphatic carbocycles. The SMILES string of the molecule is CNC(C)C(=O)NC(C(=O)N1CCCC1c1cncc(-c2ccccc2C(C)(C)C)c1)C1CCCCC1. The minimum Gasteiger partial charge on any atom is -0.343 e. The molecule has 3 atom stereocenters. The lowest BCUT2D eigenvalue weighted by Gasteiger charge is -2.35. The van der Waals surface area contributed by atoms with Crippen molar-refractivity contribution in [2.45, 2.75) is 96.2 Å². The first-order chi connectivity index (χ1) is 17.7. The van der Waals surface area contributed by atoms with E-state index in [1.54, 1.807) is 7.05 Å². The van der Waals surface area contributed by atoms with Crippen LogP contribution in [0, 0.1) is 5.92 Å². The van der Waals surface area contributed by atoms with E-state index < -0.39 is 6.04 Å². The predicted octanol–water partition coefficient (Wildman–Crippen LogP) is 5.38. The minimum absolute atomic E-state index is 0.0118. The number of likely N-dealkylation sites (N-methyl/N-ethyl adjacent to an activating group) is 1. The zero-order valence-corrected chi connectivity index (χ0v) is 23.2. The van der Waals surface area contributed by atoms with Gasteiger partial charge < -0.3 is 15.5 Å². The van der Waals surface area contributed by atoms with Gasteiger partial charge in [0.2, 0.25) is 11.8 Å². The zero-order chi connectivity index (χ0) is 26.6. The predicted molar refractivity (Wildman–Crippen MR) is 149 cm³/mol. The van der Waals surface area contributed by atoms with E-state index in [1.807, 2.05) is 24.2 Å². The summed E-state index contributed by atoms with van der Waals surface area (Å²) in [4.78, 5) is 33.6. The van der Waals surface area contributed by atoms with Gasteiger partial charge in [0, 0.05) is 24.5 Å². The first-order valence-corrected chi connectivity index (χ1v) is 14.0. The first-order valence-electron chi connectivity index (χ1n) is 14.0. The van der Waals surface area contributed by atoms with Crippen molar-refractivity contribution in [1.82, 2.24) is 20.5 Å². The maximum atomic E-state index is 14.1. The van der Waals surface area contributed by atoms with Crippen molar-refractivity contribution in [3.8, 4) is 11.1 Å². The average molecular weight is 505 g/mol. The highest BCUT2D eigenvalue weighted by molar-refractivity contribution is 5.90. The Balaban J connectivity index is 1.62. The van der Waals surface area contributed by atoms with Crippen LogP contribution in [-0.4, -0.2) is 47.4 Å². The molecule has 2 aromatic rings. The molecular weight excluding hydrogens is 460 g/mol. The van der Waals surface area contributed by atoms with Gasteiger partial charge >= 0.3 is 0 Å². The number of nitrogens with zero attached hydrogens (tertiary/aromatic N) is 2. The van der Waals surface area contributed by atoms with Crippen molar-refractivity contribution in [3.05, 3.63) is 53.9 Å². The Bertz CT molecular complexity index is 1090. The Kier molecular flexibility index (Phi) is 8.68. The summed E-state index contributed by atoms with van der Waals surface area (Å²) >= 11 is 0. The molecule has 6 nitrogen and oxygen atoms in total. The third kappa shape index (κ3) is 6.23. The number of likely N-dealkylation sites (tertiary alicyclic amines) is 1. The Labute approximate surface area is 222 Å². The van der Waals surface area contributed by atoms with Crippen LogP contribution < -0.4 is 10.6 Å². The number of carbonyl (C=O) groups is 2. The van der Waals surface area contributed by atoms with Gasteiger partial charge in [0.05, 0.1) is 12.1 Å². The molecule has 1 aliphatic heterocycles. The summed E-state index contributed by atoms with van der Waals surface area (Å²) in [5.74, 6) is 0.148. The van der Waals surface area contributed by atoms with E-state index >= 15 is 0 Å². The van der Waals surface area contributed by atoms with Crippen LogP contribution in [0.4, 0.5) is 0 Å². The van der Waals surface area contributed by atoms with Gasteiger partial charge in [-0.3, -0.25) is 14.6 Å². The van der Waals surface area contributed by atoms with Gasteiger partial charge in [-0.2, -0.15) is 0 Å². The van der Waals surface area contributed by atoms with Crippen LogP contribution in [0.15, 0.2) is 42.7 Å². The molecule has 37 heavy (non-hydrogen) atoms. The molecule has 1 aromatic heterocycles. The molecule has 200 valence electrons. The van der Waals surface area contributed by atoms with Crippen LogP contribution in [0.3, 0.4) is 0 Å².